The van der Waals surface area contributed by atoms with Crippen molar-refractivity contribution in [3.05, 3.63) is 30.4 Å². The Hall–Kier alpha value is -1.84. The SMILES string of the molecule is CN(C)S(=O)(=O)N1CCC[C@H]1c1nccnc1-c1ccn[nH]1. The highest BCUT2D eigenvalue weighted by molar-refractivity contribution is 7.86. The largest absolute Gasteiger partial charge is 0.282 e. The molecule has 1 aliphatic heterocycles. The summed E-state index contributed by atoms with van der Waals surface area (Å²) in [5.41, 5.74) is 2.04. The lowest BCUT2D eigenvalue weighted by atomic mass is 10.1. The molecule has 1 aliphatic rings. The van der Waals surface area contributed by atoms with Crippen molar-refractivity contribution in [2.45, 2.75) is 18.9 Å². The number of H-pyrrole nitrogens is 1. The second-order valence-corrected chi connectivity index (χ2v) is 7.41. The molecule has 0 saturated carbocycles. The van der Waals surface area contributed by atoms with Crippen LogP contribution < -0.4 is 0 Å². The average molecular weight is 322 g/mol. The van der Waals surface area contributed by atoms with Crippen molar-refractivity contribution < 1.29 is 8.42 Å². The zero-order valence-corrected chi connectivity index (χ0v) is 13.3. The lowest BCUT2D eigenvalue weighted by molar-refractivity contribution is 0.358. The number of hydrogen-bond acceptors (Lipinski definition) is 5. The van der Waals surface area contributed by atoms with Crippen molar-refractivity contribution in [1.82, 2.24) is 28.8 Å². The van der Waals surface area contributed by atoms with Crippen LogP contribution in [0.2, 0.25) is 0 Å². The zero-order chi connectivity index (χ0) is 15.7. The first kappa shape index (κ1) is 15.1. The second-order valence-electron chi connectivity index (χ2n) is 5.32. The molecule has 1 saturated heterocycles. The minimum Gasteiger partial charge on any atom is -0.276 e. The summed E-state index contributed by atoms with van der Waals surface area (Å²) in [4.78, 5) is 8.76. The Bertz CT molecular complexity index is 744. The summed E-state index contributed by atoms with van der Waals surface area (Å²) in [6.07, 6.45) is 6.35. The Morgan fingerprint density at radius 2 is 2.05 bits per heavy atom. The molecule has 1 atom stereocenters. The van der Waals surface area contributed by atoms with E-state index < -0.39 is 10.2 Å². The number of rotatable bonds is 4. The van der Waals surface area contributed by atoms with Gasteiger partial charge in [-0.1, -0.05) is 0 Å². The zero-order valence-electron chi connectivity index (χ0n) is 12.5. The van der Waals surface area contributed by atoms with Crippen molar-refractivity contribution >= 4 is 10.2 Å². The van der Waals surface area contributed by atoms with E-state index in [1.807, 2.05) is 0 Å². The van der Waals surface area contributed by atoms with E-state index in [4.69, 9.17) is 0 Å². The molecule has 3 heterocycles. The van der Waals surface area contributed by atoms with Crippen molar-refractivity contribution in [3.8, 4) is 11.4 Å². The highest BCUT2D eigenvalue weighted by Gasteiger charge is 2.38. The molecule has 22 heavy (non-hydrogen) atoms. The van der Waals surface area contributed by atoms with E-state index in [0.717, 1.165) is 18.5 Å². The summed E-state index contributed by atoms with van der Waals surface area (Å²) < 4.78 is 27.7. The fourth-order valence-electron chi connectivity index (χ4n) is 2.69. The van der Waals surface area contributed by atoms with E-state index in [2.05, 4.69) is 20.2 Å². The monoisotopic (exact) mass is 322 g/mol. The van der Waals surface area contributed by atoms with Crippen LogP contribution in [0.4, 0.5) is 0 Å². The molecule has 0 radical (unpaired) electrons. The minimum atomic E-state index is -3.49. The third-order valence-corrected chi connectivity index (χ3v) is 5.71. The molecule has 0 bridgehead atoms. The fraction of sp³-hybridized carbons (Fsp3) is 0.462. The van der Waals surface area contributed by atoms with Crippen LogP contribution in [0.15, 0.2) is 24.7 Å². The highest BCUT2D eigenvalue weighted by atomic mass is 32.2. The van der Waals surface area contributed by atoms with E-state index in [1.54, 1.807) is 24.7 Å². The number of aromatic amines is 1. The predicted molar refractivity (Wildman–Crippen MR) is 80.9 cm³/mol. The van der Waals surface area contributed by atoms with E-state index in [9.17, 15) is 8.42 Å². The minimum absolute atomic E-state index is 0.306. The first-order chi connectivity index (χ1) is 10.5. The lowest BCUT2D eigenvalue weighted by Gasteiger charge is -2.27. The molecule has 2 aromatic heterocycles. The van der Waals surface area contributed by atoms with Gasteiger partial charge >= 0.3 is 0 Å². The molecule has 2 aromatic rings. The first-order valence-electron chi connectivity index (χ1n) is 7.02. The third-order valence-electron chi connectivity index (χ3n) is 3.76. The molecule has 0 aliphatic carbocycles. The summed E-state index contributed by atoms with van der Waals surface area (Å²) in [7, 11) is -0.409. The van der Waals surface area contributed by atoms with Crippen LogP contribution in [0.25, 0.3) is 11.4 Å². The normalized spacial score (nSPS) is 19.9. The van der Waals surface area contributed by atoms with Crippen molar-refractivity contribution in [1.29, 1.82) is 0 Å². The Kier molecular flexibility index (Phi) is 3.94. The molecule has 0 spiro atoms. The van der Waals surface area contributed by atoms with Gasteiger partial charge in [-0.3, -0.25) is 15.1 Å². The van der Waals surface area contributed by atoms with Gasteiger partial charge in [0.2, 0.25) is 0 Å². The molecule has 3 rings (SSSR count). The predicted octanol–water partition coefficient (Wildman–Crippen LogP) is 0.810. The molecule has 8 nitrogen and oxygen atoms in total. The van der Waals surface area contributed by atoms with Gasteiger partial charge in [0.1, 0.15) is 5.69 Å². The van der Waals surface area contributed by atoms with Gasteiger partial charge in [0.25, 0.3) is 10.2 Å². The lowest BCUT2D eigenvalue weighted by Crippen LogP contribution is -2.39. The summed E-state index contributed by atoms with van der Waals surface area (Å²) in [6.45, 7) is 0.490. The van der Waals surface area contributed by atoms with Crippen LogP contribution in [-0.4, -0.2) is 57.8 Å². The summed E-state index contributed by atoms with van der Waals surface area (Å²) in [5.74, 6) is 0. The third kappa shape index (κ3) is 2.51. The van der Waals surface area contributed by atoms with Crippen LogP contribution >= 0.6 is 0 Å². The van der Waals surface area contributed by atoms with Gasteiger partial charge in [0.05, 0.1) is 17.4 Å². The maximum atomic E-state index is 12.5. The van der Waals surface area contributed by atoms with Gasteiger partial charge in [-0.15, -0.1) is 0 Å². The number of nitrogens with one attached hydrogen (secondary N) is 1. The van der Waals surface area contributed by atoms with E-state index in [0.29, 0.717) is 17.9 Å². The van der Waals surface area contributed by atoms with Crippen molar-refractivity contribution in [3.63, 3.8) is 0 Å². The van der Waals surface area contributed by atoms with Crippen LogP contribution in [0.1, 0.15) is 24.6 Å². The Labute approximate surface area is 129 Å². The van der Waals surface area contributed by atoms with Crippen LogP contribution in [0.3, 0.4) is 0 Å². The molecular weight excluding hydrogens is 304 g/mol. The molecule has 9 heteroatoms. The summed E-state index contributed by atoms with van der Waals surface area (Å²) in [5, 5.41) is 6.79. The standard InChI is InChI=1S/C13H18N6O2S/c1-18(2)22(20,21)19-9-3-4-11(19)13-12(14-7-8-15-13)10-5-6-16-17-10/h5-8,11H,3-4,9H2,1-2H3,(H,16,17)/t11-/m0/s1. The van der Waals surface area contributed by atoms with E-state index in [-0.39, 0.29) is 6.04 Å². The number of nitrogens with zero attached hydrogens (tertiary/aromatic N) is 5. The number of aromatic nitrogens is 4. The molecule has 1 N–H and O–H groups in total. The van der Waals surface area contributed by atoms with Crippen LogP contribution in [0, 0.1) is 0 Å². The molecule has 0 amide bonds. The van der Waals surface area contributed by atoms with Crippen molar-refractivity contribution in [2.24, 2.45) is 0 Å². The molecule has 118 valence electrons. The van der Waals surface area contributed by atoms with Gasteiger partial charge in [-0.25, -0.2) is 0 Å². The van der Waals surface area contributed by atoms with Gasteiger partial charge in [0, 0.05) is 39.2 Å². The van der Waals surface area contributed by atoms with Crippen LogP contribution in [-0.2, 0) is 10.2 Å². The van der Waals surface area contributed by atoms with E-state index >= 15 is 0 Å². The molecule has 1 fully saturated rings. The molecule has 0 unspecified atom stereocenters. The van der Waals surface area contributed by atoms with Crippen LogP contribution in [0.5, 0.6) is 0 Å². The van der Waals surface area contributed by atoms with Crippen molar-refractivity contribution in [2.75, 3.05) is 20.6 Å². The van der Waals surface area contributed by atoms with Gasteiger partial charge in [-0.05, 0) is 18.9 Å². The molecular formula is C13H18N6O2S. The van der Waals surface area contributed by atoms with Gasteiger partial charge in [-0.2, -0.15) is 22.1 Å². The summed E-state index contributed by atoms with van der Waals surface area (Å²) in [6, 6.07) is 1.49. The maximum absolute atomic E-state index is 12.5. The highest BCUT2D eigenvalue weighted by Crippen LogP contribution is 2.37. The van der Waals surface area contributed by atoms with Gasteiger partial charge < -0.3 is 0 Å². The number of hydrogen-bond donors (Lipinski definition) is 1. The second kappa shape index (κ2) is 5.75. The van der Waals surface area contributed by atoms with E-state index in [1.165, 1.54) is 22.7 Å². The Morgan fingerprint density at radius 1 is 1.27 bits per heavy atom. The fourth-order valence-corrected chi connectivity index (χ4v) is 3.99. The summed E-state index contributed by atoms with van der Waals surface area (Å²) >= 11 is 0. The average Bonchev–Trinajstić information content (AvgIpc) is 3.18. The smallest absolute Gasteiger partial charge is 0.276 e. The van der Waals surface area contributed by atoms with Gasteiger partial charge in [0.15, 0.2) is 0 Å². The first-order valence-corrected chi connectivity index (χ1v) is 8.41. The molecule has 0 aromatic carbocycles. The topological polar surface area (TPSA) is 95.1 Å². The quantitative estimate of drug-likeness (QED) is 0.899. The maximum Gasteiger partial charge on any atom is 0.282 e. The Balaban J connectivity index is 2.05. The Morgan fingerprint density at radius 3 is 2.73 bits per heavy atom.